The fourth-order valence-electron chi connectivity index (χ4n) is 4.20. The van der Waals surface area contributed by atoms with Crippen LogP contribution in [0.4, 0.5) is 5.69 Å². The van der Waals surface area contributed by atoms with Gasteiger partial charge in [-0.3, -0.25) is 9.59 Å². The maximum atomic E-state index is 13.1. The number of fused-ring (bicyclic) bond motifs is 1. The molecule has 2 unspecified atom stereocenters. The minimum atomic E-state index is -0.593. The molecule has 2 aromatic carbocycles. The topological polar surface area (TPSA) is 61.9 Å². The normalized spacial score (nSPS) is 19.2. The van der Waals surface area contributed by atoms with Gasteiger partial charge in [-0.15, -0.1) is 0 Å². The number of amides is 2. The fraction of sp³-hybridized carbons (Fsp3) is 0.417. The molecule has 4 rings (SSSR count). The van der Waals surface area contributed by atoms with Crippen molar-refractivity contribution in [2.45, 2.75) is 38.3 Å². The first-order valence-electron chi connectivity index (χ1n) is 10.9. The Morgan fingerprint density at radius 3 is 2.55 bits per heavy atom. The summed E-state index contributed by atoms with van der Waals surface area (Å²) in [4.78, 5) is 29.8. The van der Waals surface area contributed by atoms with Crippen molar-refractivity contribution in [1.29, 1.82) is 0 Å². The van der Waals surface area contributed by atoms with Gasteiger partial charge in [0.15, 0.2) is 6.10 Å². The van der Waals surface area contributed by atoms with Gasteiger partial charge in [0, 0.05) is 17.6 Å². The third kappa shape index (κ3) is 5.21. The van der Waals surface area contributed by atoms with Gasteiger partial charge in [-0.1, -0.05) is 40.2 Å². The van der Waals surface area contributed by atoms with Crippen LogP contribution in [0.1, 0.15) is 37.8 Å². The molecule has 2 atom stereocenters. The van der Waals surface area contributed by atoms with Crippen LogP contribution in [-0.4, -0.2) is 49.0 Å². The zero-order chi connectivity index (χ0) is 21.8. The van der Waals surface area contributed by atoms with Crippen molar-refractivity contribution in [2.75, 3.05) is 31.1 Å². The summed E-state index contributed by atoms with van der Waals surface area (Å²) in [6, 6.07) is 15.4. The molecule has 1 saturated heterocycles. The number of piperidine rings is 1. The summed E-state index contributed by atoms with van der Waals surface area (Å²) in [5, 5.41) is 3.07. The van der Waals surface area contributed by atoms with E-state index in [2.05, 4.69) is 21.2 Å². The first-order valence-corrected chi connectivity index (χ1v) is 11.6. The summed E-state index contributed by atoms with van der Waals surface area (Å²) in [5.41, 5.74) is 1.88. The Kier molecular flexibility index (Phi) is 6.80. The molecule has 7 heteroatoms. The zero-order valence-electron chi connectivity index (χ0n) is 17.7. The van der Waals surface area contributed by atoms with Crippen molar-refractivity contribution in [1.82, 2.24) is 10.2 Å². The molecule has 1 N–H and O–H groups in total. The highest BCUT2D eigenvalue weighted by Crippen LogP contribution is 2.33. The summed E-state index contributed by atoms with van der Waals surface area (Å²) in [7, 11) is 0. The van der Waals surface area contributed by atoms with E-state index in [1.165, 1.54) is 6.42 Å². The molecule has 0 radical (unpaired) electrons. The summed E-state index contributed by atoms with van der Waals surface area (Å²) in [5.74, 6) is 0.581. The molecular weight excluding hydrogens is 458 g/mol. The number of carbonyl (C=O) groups excluding carboxylic acids is 2. The lowest BCUT2D eigenvalue weighted by atomic mass is 10.1. The Morgan fingerprint density at radius 2 is 1.81 bits per heavy atom. The number of ether oxygens (including phenoxy) is 1. The van der Waals surface area contributed by atoms with Gasteiger partial charge in [0.05, 0.1) is 24.8 Å². The number of benzene rings is 2. The van der Waals surface area contributed by atoms with Crippen LogP contribution in [-0.2, 0) is 9.59 Å². The second kappa shape index (κ2) is 9.73. The molecule has 1 fully saturated rings. The van der Waals surface area contributed by atoms with Crippen LogP contribution in [0.2, 0.25) is 0 Å². The van der Waals surface area contributed by atoms with Crippen LogP contribution in [0, 0.1) is 0 Å². The second-order valence-corrected chi connectivity index (χ2v) is 9.10. The number of halogens is 1. The minimum absolute atomic E-state index is 0.0165. The van der Waals surface area contributed by atoms with E-state index in [1.54, 1.807) is 0 Å². The van der Waals surface area contributed by atoms with E-state index in [-0.39, 0.29) is 24.4 Å². The fourth-order valence-corrected chi connectivity index (χ4v) is 4.46. The number of hydrogen-bond acceptors (Lipinski definition) is 4. The first kappa shape index (κ1) is 21.7. The standard InChI is InChI=1S/C24H28BrN3O3/c1-17(18-9-11-19(25)12-10-18)26-23(29)16-28-15-22(24(30)27-13-5-2-6-14-27)31-21-8-4-3-7-20(21)28/h3-4,7-12,17,22H,2,5-6,13-16H2,1H3,(H,26,29). The highest BCUT2D eigenvalue weighted by Gasteiger charge is 2.34. The summed E-state index contributed by atoms with van der Waals surface area (Å²) in [6.07, 6.45) is 2.65. The van der Waals surface area contributed by atoms with Gasteiger partial charge in [-0.25, -0.2) is 0 Å². The van der Waals surface area contributed by atoms with E-state index in [1.807, 2.05) is 65.3 Å². The third-order valence-electron chi connectivity index (χ3n) is 5.89. The number of nitrogens with one attached hydrogen (secondary N) is 1. The van der Waals surface area contributed by atoms with Gasteiger partial charge in [0.2, 0.25) is 5.91 Å². The lowest BCUT2D eigenvalue weighted by Gasteiger charge is -2.38. The van der Waals surface area contributed by atoms with E-state index in [4.69, 9.17) is 4.74 Å². The molecule has 2 aliphatic rings. The van der Waals surface area contributed by atoms with Crippen molar-refractivity contribution in [3.63, 3.8) is 0 Å². The number of hydrogen-bond donors (Lipinski definition) is 1. The monoisotopic (exact) mass is 485 g/mol. The molecule has 0 spiro atoms. The first-order chi connectivity index (χ1) is 15.0. The largest absolute Gasteiger partial charge is 0.477 e. The second-order valence-electron chi connectivity index (χ2n) is 8.18. The van der Waals surface area contributed by atoms with E-state index in [0.717, 1.165) is 41.7 Å². The van der Waals surface area contributed by atoms with Gasteiger partial charge >= 0.3 is 0 Å². The van der Waals surface area contributed by atoms with Crippen molar-refractivity contribution in [3.8, 4) is 5.75 Å². The number of likely N-dealkylation sites (tertiary alicyclic amines) is 1. The van der Waals surface area contributed by atoms with Gasteiger partial charge in [-0.2, -0.15) is 0 Å². The molecule has 0 aromatic heterocycles. The molecule has 0 aliphatic carbocycles. The van der Waals surface area contributed by atoms with E-state index >= 15 is 0 Å². The van der Waals surface area contributed by atoms with Crippen LogP contribution in [0.5, 0.6) is 5.75 Å². The molecular formula is C24H28BrN3O3. The van der Waals surface area contributed by atoms with E-state index < -0.39 is 6.10 Å². The van der Waals surface area contributed by atoms with Crippen LogP contribution < -0.4 is 15.0 Å². The van der Waals surface area contributed by atoms with Crippen LogP contribution in [0.15, 0.2) is 53.0 Å². The Labute approximate surface area is 191 Å². The minimum Gasteiger partial charge on any atom is -0.477 e. The third-order valence-corrected chi connectivity index (χ3v) is 6.42. The predicted molar refractivity (Wildman–Crippen MR) is 124 cm³/mol. The molecule has 0 bridgehead atoms. The number of para-hydroxylation sites is 2. The molecule has 2 heterocycles. The van der Waals surface area contributed by atoms with Crippen molar-refractivity contribution < 1.29 is 14.3 Å². The molecule has 0 saturated carbocycles. The number of anilines is 1. The Hall–Kier alpha value is -2.54. The summed E-state index contributed by atoms with van der Waals surface area (Å²) in [6.45, 7) is 4.07. The summed E-state index contributed by atoms with van der Waals surface area (Å²) >= 11 is 3.44. The molecule has 2 amide bonds. The lowest BCUT2D eigenvalue weighted by Crippen LogP contribution is -2.53. The smallest absolute Gasteiger partial charge is 0.265 e. The Balaban J connectivity index is 1.45. The van der Waals surface area contributed by atoms with E-state index in [9.17, 15) is 9.59 Å². The van der Waals surface area contributed by atoms with Crippen LogP contribution in [0.25, 0.3) is 0 Å². The van der Waals surface area contributed by atoms with Gasteiger partial charge in [-0.05, 0) is 56.0 Å². The maximum Gasteiger partial charge on any atom is 0.265 e. The average molecular weight is 486 g/mol. The highest BCUT2D eigenvalue weighted by atomic mass is 79.9. The molecule has 31 heavy (non-hydrogen) atoms. The van der Waals surface area contributed by atoms with Crippen molar-refractivity contribution in [3.05, 3.63) is 58.6 Å². The maximum absolute atomic E-state index is 13.1. The quantitative estimate of drug-likeness (QED) is 0.697. The summed E-state index contributed by atoms with van der Waals surface area (Å²) < 4.78 is 7.06. The molecule has 2 aliphatic heterocycles. The van der Waals surface area contributed by atoms with E-state index in [0.29, 0.717) is 12.3 Å². The lowest BCUT2D eigenvalue weighted by molar-refractivity contribution is -0.139. The predicted octanol–water partition coefficient (Wildman–Crippen LogP) is 3.91. The highest BCUT2D eigenvalue weighted by molar-refractivity contribution is 9.10. The van der Waals surface area contributed by atoms with Crippen LogP contribution in [0.3, 0.4) is 0 Å². The Bertz CT molecular complexity index is 928. The number of rotatable bonds is 5. The zero-order valence-corrected chi connectivity index (χ0v) is 19.3. The van der Waals surface area contributed by atoms with Crippen LogP contribution >= 0.6 is 15.9 Å². The Morgan fingerprint density at radius 1 is 1.10 bits per heavy atom. The molecule has 164 valence electrons. The number of nitrogens with zero attached hydrogens (tertiary/aromatic N) is 2. The van der Waals surface area contributed by atoms with Gasteiger partial charge < -0.3 is 19.9 Å². The SMILES string of the molecule is CC(NC(=O)CN1CC(C(=O)N2CCCCC2)Oc2ccccc21)c1ccc(Br)cc1. The number of carbonyl (C=O) groups is 2. The average Bonchev–Trinajstić information content (AvgIpc) is 2.79. The molecule has 6 nitrogen and oxygen atoms in total. The van der Waals surface area contributed by atoms with Gasteiger partial charge in [0.25, 0.3) is 5.91 Å². The van der Waals surface area contributed by atoms with Crippen molar-refractivity contribution >= 4 is 33.4 Å². The molecule has 2 aromatic rings. The van der Waals surface area contributed by atoms with Crippen molar-refractivity contribution in [2.24, 2.45) is 0 Å². The van der Waals surface area contributed by atoms with Gasteiger partial charge in [0.1, 0.15) is 5.75 Å².